The number of pyridine rings is 1. The summed E-state index contributed by atoms with van der Waals surface area (Å²) in [6.45, 7) is 1.14. The van der Waals surface area contributed by atoms with Gasteiger partial charge in [0.05, 0.1) is 22.5 Å². The predicted molar refractivity (Wildman–Crippen MR) is 91.5 cm³/mol. The van der Waals surface area contributed by atoms with Gasteiger partial charge < -0.3 is 15.5 Å². The number of hydrogen-bond acceptors (Lipinski definition) is 8. The average Bonchev–Trinajstić information content (AvgIpc) is 3.04. The number of aliphatic hydroxyl groups is 2. The van der Waals surface area contributed by atoms with Crippen LogP contribution in [0.3, 0.4) is 0 Å². The molecule has 1 aliphatic rings. The molecule has 1 saturated heterocycles. The first kappa shape index (κ1) is 16.3. The van der Waals surface area contributed by atoms with Crippen LogP contribution in [0.25, 0.3) is 10.2 Å². The molecule has 1 unspecified atom stereocenters. The molecule has 1 fully saturated rings. The number of halogens is 1. The molecule has 0 saturated carbocycles. The Bertz CT molecular complexity index is 899. The second-order valence-corrected chi connectivity index (χ2v) is 6.83. The molecule has 4 heterocycles. The van der Waals surface area contributed by atoms with E-state index in [1.54, 1.807) is 11.1 Å². The van der Waals surface area contributed by atoms with E-state index in [9.17, 15) is 14.6 Å². The molecule has 1 atom stereocenters. The molecule has 25 heavy (non-hydrogen) atoms. The van der Waals surface area contributed by atoms with Gasteiger partial charge in [0.15, 0.2) is 6.23 Å². The molecule has 7 nitrogen and oxygen atoms in total. The van der Waals surface area contributed by atoms with Crippen molar-refractivity contribution in [2.45, 2.75) is 18.9 Å². The van der Waals surface area contributed by atoms with Crippen LogP contribution in [0.15, 0.2) is 29.9 Å². The van der Waals surface area contributed by atoms with Crippen molar-refractivity contribution in [3.05, 3.63) is 47.0 Å². The quantitative estimate of drug-likeness (QED) is 0.634. The fourth-order valence-corrected chi connectivity index (χ4v) is 3.57. The minimum atomic E-state index is -0.899. The van der Waals surface area contributed by atoms with Crippen molar-refractivity contribution in [3.63, 3.8) is 0 Å². The molecule has 0 aliphatic carbocycles. The molecule has 0 spiro atoms. The van der Waals surface area contributed by atoms with Gasteiger partial charge in [0, 0.05) is 25.8 Å². The number of aliphatic hydroxyl groups excluding tert-OH is 2. The Morgan fingerprint density at radius 1 is 1.36 bits per heavy atom. The van der Waals surface area contributed by atoms with Gasteiger partial charge in [-0.2, -0.15) is 0 Å². The molecule has 0 radical (unpaired) electrons. The number of anilines is 1. The zero-order valence-electron chi connectivity index (χ0n) is 13.1. The lowest BCUT2D eigenvalue weighted by molar-refractivity contribution is -0.102. The molecule has 1 aliphatic heterocycles. The molecule has 0 aromatic carbocycles. The Kier molecular flexibility index (Phi) is 4.30. The number of rotatable bonds is 5. The zero-order chi connectivity index (χ0) is 17.4. The minimum Gasteiger partial charge on any atom is -0.390 e. The third-order valence-corrected chi connectivity index (χ3v) is 4.95. The van der Waals surface area contributed by atoms with Gasteiger partial charge in [-0.3, -0.25) is 9.88 Å². The Morgan fingerprint density at radius 2 is 2.20 bits per heavy atom. The van der Waals surface area contributed by atoms with Crippen LogP contribution in [0.5, 0.6) is 0 Å². The van der Waals surface area contributed by atoms with Crippen LogP contribution in [0.4, 0.5) is 10.3 Å². The van der Waals surface area contributed by atoms with Crippen LogP contribution in [-0.2, 0) is 6.54 Å². The van der Waals surface area contributed by atoms with E-state index in [-0.39, 0.29) is 0 Å². The highest BCUT2D eigenvalue weighted by Crippen LogP contribution is 2.31. The van der Waals surface area contributed by atoms with Gasteiger partial charge in [-0.15, -0.1) is 11.3 Å². The van der Waals surface area contributed by atoms with Crippen LogP contribution in [-0.4, -0.2) is 49.3 Å². The third kappa shape index (κ3) is 3.31. The van der Waals surface area contributed by atoms with Crippen molar-refractivity contribution < 1.29 is 14.6 Å². The lowest BCUT2D eigenvalue weighted by Crippen LogP contribution is -2.52. The molecule has 3 N–H and O–H groups in total. The summed E-state index contributed by atoms with van der Waals surface area (Å²) in [5.41, 5.74) is 1.91. The maximum absolute atomic E-state index is 13.2. The number of thiophene rings is 1. The molecule has 3 aromatic heterocycles. The maximum atomic E-state index is 13.2. The molecular formula is C16H16FN5O2S. The lowest BCUT2D eigenvalue weighted by Gasteiger charge is -2.38. The molecule has 130 valence electrons. The van der Waals surface area contributed by atoms with Crippen molar-refractivity contribution in [1.82, 2.24) is 19.9 Å². The van der Waals surface area contributed by atoms with Gasteiger partial charge in [-0.25, -0.2) is 14.4 Å². The van der Waals surface area contributed by atoms with Gasteiger partial charge in [0.1, 0.15) is 11.5 Å². The number of fused-ring (bicyclic) bond motifs is 1. The van der Waals surface area contributed by atoms with E-state index in [1.807, 2.05) is 11.4 Å². The summed E-state index contributed by atoms with van der Waals surface area (Å²) in [6, 6.07) is 3.25. The second-order valence-electron chi connectivity index (χ2n) is 5.91. The number of aromatic nitrogens is 3. The Labute approximate surface area is 146 Å². The maximum Gasteiger partial charge on any atom is 0.223 e. The normalized spacial score (nSPS) is 16.8. The Balaban J connectivity index is 1.59. The molecule has 0 amide bonds. The summed E-state index contributed by atoms with van der Waals surface area (Å²) >= 11 is 1.46. The van der Waals surface area contributed by atoms with E-state index < -0.39 is 18.1 Å². The number of nitrogens with zero attached hydrogens (tertiary/aromatic N) is 4. The summed E-state index contributed by atoms with van der Waals surface area (Å²) in [5.74, 6) is -0.0498. The summed E-state index contributed by atoms with van der Waals surface area (Å²) < 4.78 is 14.0. The fourth-order valence-electron chi connectivity index (χ4n) is 2.73. The van der Waals surface area contributed by atoms with Gasteiger partial charge >= 0.3 is 0 Å². The Morgan fingerprint density at radius 3 is 2.96 bits per heavy atom. The summed E-state index contributed by atoms with van der Waals surface area (Å²) in [5, 5.41) is 24.9. The number of β-amino-alcohol motifs (C(OH)–C–C–N with tert-alkyl or cyclic N) is 1. The van der Waals surface area contributed by atoms with Crippen LogP contribution >= 0.6 is 11.3 Å². The third-order valence-electron chi connectivity index (χ3n) is 4.02. The standard InChI is InChI=1S/C16H16FN5O2S/c17-10-3-9(4-18-6-10)5-19-16-20-12-1-2-25-14(12)13(21-16)15(24)22-7-11(23)8-22/h1-4,6,11,15,23-24H,5,7-8H2,(H,19,20,21). The van der Waals surface area contributed by atoms with Crippen molar-refractivity contribution in [1.29, 1.82) is 0 Å². The first-order chi connectivity index (χ1) is 12.1. The number of nitrogens with one attached hydrogen (secondary N) is 1. The van der Waals surface area contributed by atoms with E-state index in [2.05, 4.69) is 20.3 Å². The fraction of sp³-hybridized carbons (Fsp3) is 0.312. The highest BCUT2D eigenvalue weighted by atomic mass is 32.1. The van der Waals surface area contributed by atoms with Crippen molar-refractivity contribution >= 4 is 27.5 Å². The SMILES string of the molecule is OC1CN(C(O)c2nc(NCc3cncc(F)c3)nc3ccsc23)C1. The Hall–Kier alpha value is -2.20. The van der Waals surface area contributed by atoms with Gasteiger partial charge in [-0.05, 0) is 23.1 Å². The summed E-state index contributed by atoms with van der Waals surface area (Å²) in [7, 11) is 0. The molecule has 4 rings (SSSR count). The smallest absolute Gasteiger partial charge is 0.223 e. The predicted octanol–water partition coefficient (Wildman–Crippen LogP) is 1.50. The van der Waals surface area contributed by atoms with Gasteiger partial charge in [0.2, 0.25) is 5.95 Å². The summed E-state index contributed by atoms with van der Waals surface area (Å²) in [4.78, 5) is 14.4. The minimum absolute atomic E-state index is 0.318. The van der Waals surface area contributed by atoms with E-state index >= 15 is 0 Å². The van der Waals surface area contributed by atoms with Gasteiger partial charge in [-0.1, -0.05) is 0 Å². The van der Waals surface area contributed by atoms with E-state index in [0.717, 1.165) is 16.4 Å². The zero-order valence-corrected chi connectivity index (χ0v) is 13.9. The van der Waals surface area contributed by atoms with Crippen molar-refractivity contribution in [2.24, 2.45) is 0 Å². The van der Waals surface area contributed by atoms with Gasteiger partial charge in [0.25, 0.3) is 0 Å². The van der Waals surface area contributed by atoms with E-state index in [0.29, 0.717) is 36.8 Å². The first-order valence-electron chi connectivity index (χ1n) is 7.79. The van der Waals surface area contributed by atoms with Crippen LogP contribution in [0.2, 0.25) is 0 Å². The highest BCUT2D eigenvalue weighted by Gasteiger charge is 2.32. The number of likely N-dealkylation sites (tertiary alicyclic amines) is 1. The van der Waals surface area contributed by atoms with Crippen LogP contribution < -0.4 is 5.32 Å². The lowest BCUT2D eigenvalue weighted by atomic mass is 10.1. The van der Waals surface area contributed by atoms with Crippen molar-refractivity contribution in [3.8, 4) is 0 Å². The summed E-state index contributed by atoms with van der Waals surface area (Å²) in [6.07, 6.45) is 1.40. The van der Waals surface area contributed by atoms with Crippen LogP contribution in [0.1, 0.15) is 17.5 Å². The second kappa shape index (κ2) is 6.60. The first-order valence-corrected chi connectivity index (χ1v) is 8.67. The molecule has 0 bridgehead atoms. The largest absolute Gasteiger partial charge is 0.390 e. The van der Waals surface area contributed by atoms with E-state index in [1.165, 1.54) is 17.4 Å². The number of hydrogen-bond donors (Lipinski definition) is 3. The van der Waals surface area contributed by atoms with E-state index in [4.69, 9.17) is 0 Å². The monoisotopic (exact) mass is 361 g/mol. The van der Waals surface area contributed by atoms with Crippen molar-refractivity contribution in [2.75, 3.05) is 18.4 Å². The molecule has 9 heteroatoms. The van der Waals surface area contributed by atoms with Crippen LogP contribution in [0, 0.1) is 5.82 Å². The highest BCUT2D eigenvalue weighted by molar-refractivity contribution is 7.17. The molecule has 3 aromatic rings. The molecular weight excluding hydrogens is 345 g/mol. The topological polar surface area (TPSA) is 94.4 Å². The average molecular weight is 361 g/mol.